The lowest BCUT2D eigenvalue weighted by Crippen LogP contribution is -2.58. The van der Waals surface area contributed by atoms with Gasteiger partial charge in [-0.3, -0.25) is 9.67 Å². The number of hydrogen-bond acceptors (Lipinski definition) is 4. The number of aryl methyl sites for hydroxylation is 1. The van der Waals surface area contributed by atoms with Gasteiger partial charge in [-0.05, 0) is 37.8 Å². The molecular formula is C22H34N6O. The average Bonchev–Trinajstić information content (AvgIpc) is 3.28. The second-order valence-corrected chi connectivity index (χ2v) is 7.64. The maximum absolute atomic E-state index is 5.64. The Morgan fingerprint density at radius 2 is 2.00 bits per heavy atom. The van der Waals surface area contributed by atoms with E-state index in [0.29, 0.717) is 0 Å². The van der Waals surface area contributed by atoms with E-state index in [1.54, 1.807) is 0 Å². The van der Waals surface area contributed by atoms with Crippen LogP contribution in [0, 0.1) is 0 Å². The molecule has 0 saturated carbocycles. The van der Waals surface area contributed by atoms with Gasteiger partial charge in [0.25, 0.3) is 0 Å². The van der Waals surface area contributed by atoms with E-state index in [1.807, 2.05) is 30.2 Å². The van der Waals surface area contributed by atoms with Crippen LogP contribution in [-0.2, 0) is 11.3 Å². The molecule has 2 aromatic rings. The van der Waals surface area contributed by atoms with Crippen LogP contribution < -0.4 is 16.0 Å². The number of hydrogen-bond donors (Lipinski definition) is 3. The number of ether oxygens (including phenoxy) is 1. The van der Waals surface area contributed by atoms with Crippen molar-refractivity contribution in [3.8, 4) is 0 Å². The second kappa shape index (κ2) is 11.0. The first-order valence-corrected chi connectivity index (χ1v) is 10.5. The van der Waals surface area contributed by atoms with E-state index >= 15 is 0 Å². The van der Waals surface area contributed by atoms with Gasteiger partial charge in [0, 0.05) is 63.9 Å². The van der Waals surface area contributed by atoms with Gasteiger partial charge < -0.3 is 20.7 Å². The average molecular weight is 399 g/mol. The van der Waals surface area contributed by atoms with Crippen LogP contribution in [0.25, 0.3) is 0 Å². The van der Waals surface area contributed by atoms with Gasteiger partial charge in [-0.1, -0.05) is 30.3 Å². The van der Waals surface area contributed by atoms with E-state index in [4.69, 9.17) is 4.74 Å². The van der Waals surface area contributed by atoms with Crippen LogP contribution in [0.5, 0.6) is 0 Å². The highest BCUT2D eigenvalue weighted by Crippen LogP contribution is 2.25. The van der Waals surface area contributed by atoms with Crippen molar-refractivity contribution in [2.45, 2.75) is 44.3 Å². The summed E-state index contributed by atoms with van der Waals surface area (Å²) in [5, 5.41) is 15.1. The fraction of sp³-hybridized carbons (Fsp3) is 0.545. The molecule has 1 aliphatic heterocycles. The van der Waals surface area contributed by atoms with Crippen molar-refractivity contribution in [3.63, 3.8) is 0 Å². The van der Waals surface area contributed by atoms with Crippen molar-refractivity contribution in [1.82, 2.24) is 25.7 Å². The molecule has 0 bridgehead atoms. The molecule has 1 saturated heterocycles. The third-order valence-corrected chi connectivity index (χ3v) is 5.51. The summed E-state index contributed by atoms with van der Waals surface area (Å²) in [6.45, 7) is 6.36. The van der Waals surface area contributed by atoms with E-state index in [1.165, 1.54) is 5.56 Å². The molecule has 158 valence electrons. The molecule has 0 amide bonds. The van der Waals surface area contributed by atoms with Crippen LogP contribution in [0.15, 0.2) is 53.8 Å². The fourth-order valence-electron chi connectivity index (χ4n) is 3.77. The number of nitrogens with one attached hydrogen (secondary N) is 3. The van der Waals surface area contributed by atoms with Gasteiger partial charge in [-0.25, -0.2) is 0 Å². The van der Waals surface area contributed by atoms with E-state index in [2.05, 4.69) is 63.3 Å². The second-order valence-electron chi connectivity index (χ2n) is 7.64. The summed E-state index contributed by atoms with van der Waals surface area (Å²) in [6, 6.07) is 12.8. The van der Waals surface area contributed by atoms with Crippen LogP contribution in [0.4, 0.5) is 0 Å². The van der Waals surface area contributed by atoms with Crippen LogP contribution in [-0.4, -0.2) is 54.6 Å². The first-order valence-electron chi connectivity index (χ1n) is 10.5. The van der Waals surface area contributed by atoms with Crippen LogP contribution in [0.1, 0.15) is 37.8 Å². The molecule has 1 fully saturated rings. The molecule has 1 atom stereocenters. The lowest BCUT2D eigenvalue weighted by molar-refractivity contribution is 0.0355. The summed E-state index contributed by atoms with van der Waals surface area (Å²) in [6.07, 6.45) is 6.75. The molecule has 0 aliphatic carbocycles. The summed E-state index contributed by atoms with van der Waals surface area (Å²) in [4.78, 5) is 4.39. The molecule has 3 N–H and O–H groups in total. The third-order valence-electron chi connectivity index (χ3n) is 5.51. The molecule has 7 heteroatoms. The highest BCUT2D eigenvalue weighted by Gasteiger charge is 2.34. The van der Waals surface area contributed by atoms with Crippen molar-refractivity contribution < 1.29 is 4.74 Å². The zero-order valence-electron chi connectivity index (χ0n) is 17.6. The topological polar surface area (TPSA) is 75.5 Å². The van der Waals surface area contributed by atoms with Gasteiger partial charge in [-0.2, -0.15) is 5.10 Å². The number of aromatic nitrogens is 2. The van der Waals surface area contributed by atoms with E-state index in [0.717, 1.165) is 58.1 Å². The standard InChI is InChI=1S/C22H34N6O/c1-19(20-8-4-3-5-9-20)27-22(10-16-29-17-11-22)18-25-21(23-2)24-12-6-14-28-15-7-13-26-28/h3-5,7-9,13,15,19,27H,6,10-12,14,16-18H2,1-2H3,(H2,23,24,25). The van der Waals surface area contributed by atoms with Gasteiger partial charge >= 0.3 is 0 Å². The molecule has 1 unspecified atom stereocenters. The Morgan fingerprint density at radius 3 is 2.69 bits per heavy atom. The number of rotatable bonds is 9. The van der Waals surface area contributed by atoms with Crippen LogP contribution in [0.3, 0.4) is 0 Å². The third kappa shape index (κ3) is 6.58. The Balaban J connectivity index is 1.50. The molecule has 1 aromatic carbocycles. The summed E-state index contributed by atoms with van der Waals surface area (Å²) in [5.41, 5.74) is 1.29. The lowest BCUT2D eigenvalue weighted by atomic mass is 9.88. The normalized spacial score (nSPS) is 17.7. The molecule has 7 nitrogen and oxygen atoms in total. The highest BCUT2D eigenvalue weighted by atomic mass is 16.5. The molecule has 0 radical (unpaired) electrons. The summed E-state index contributed by atoms with van der Waals surface area (Å²) in [5.74, 6) is 0.838. The SMILES string of the molecule is CN=C(NCCCn1cccn1)NCC1(NC(C)c2ccccc2)CCOCC1. The minimum Gasteiger partial charge on any atom is -0.381 e. The Bertz CT molecular complexity index is 725. The largest absolute Gasteiger partial charge is 0.381 e. The van der Waals surface area contributed by atoms with Crippen molar-refractivity contribution in [2.75, 3.05) is 33.4 Å². The first-order chi connectivity index (χ1) is 14.2. The Morgan fingerprint density at radius 1 is 1.21 bits per heavy atom. The predicted molar refractivity (Wildman–Crippen MR) is 117 cm³/mol. The minimum absolute atomic E-state index is 0.0137. The van der Waals surface area contributed by atoms with Crippen molar-refractivity contribution in [3.05, 3.63) is 54.4 Å². The van der Waals surface area contributed by atoms with Crippen molar-refractivity contribution in [2.24, 2.45) is 4.99 Å². The monoisotopic (exact) mass is 398 g/mol. The van der Waals surface area contributed by atoms with E-state index < -0.39 is 0 Å². The Kier molecular flexibility index (Phi) is 8.07. The van der Waals surface area contributed by atoms with Gasteiger partial charge in [0.2, 0.25) is 0 Å². The number of aliphatic imine (C=N–C) groups is 1. The highest BCUT2D eigenvalue weighted by molar-refractivity contribution is 5.79. The smallest absolute Gasteiger partial charge is 0.191 e. The van der Waals surface area contributed by atoms with E-state index in [-0.39, 0.29) is 11.6 Å². The summed E-state index contributed by atoms with van der Waals surface area (Å²) in [7, 11) is 1.82. The molecule has 3 rings (SSSR count). The predicted octanol–water partition coefficient (Wildman–Crippen LogP) is 2.34. The van der Waals surface area contributed by atoms with Gasteiger partial charge in [-0.15, -0.1) is 0 Å². The summed E-state index contributed by atoms with van der Waals surface area (Å²) >= 11 is 0. The van der Waals surface area contributed by atoms with Gasteiger partial charge in [0.15, 0.2) is 5.96 Å². The zero-order valence-corrected chi connectivity index (χ0v) is 17.6. The maximum atomic E-state index is 5.64. The van der Waals surface area contributed by atoms with Gasteiger partial charge in [0.1, 0.15) is 0 Å². The molecular weight excluding hydrogens is 364 g/mol. The molecule has 0 spiro atoms. The number of nitrogens with zero attached hydrogens (tertiary/aromatic N) is 3. The van der Waals surface area contributed by atoms with E-state index in [9.17, 15) is 0 Å². The number of benzene rings is 1. The van der Waals surface area contributed by atoms with Crippen molar-refractivity contribution >= 4 is 5.96 Å². The minimum atomic E-state index is -0.0137. The molecule has 1 aliphatic rings. The zero-order chi connectivity index (χ0) is 20.4. The van der Waals surface area contributed by atoms with Gasteiger partial charge in [0.05, 0.1) is 0 Å². The first kappa shape index (κ1) is 21.3. The number of guanidine groups is 1. The summed E-state index contributed by atoms with van der Waals surface area (Å²) < 4.78 is 7.59. The van der Waals surface area contributed by atoms with Crippen LogP contribution in [0.2, 0.25) is 0 Å². The molecule has 29 heavy (non-hydrogen) atoms. The lowest BCUT2D eigenvalue weighted by Gasteiger charge is -2.41. The Hall–Kier alpha value is -2.38. The van der Waals surface area contributed by atoms with Crippen molar-refractivity contribution in [1.29, 1.82) is 0 Å². The maximum Gasteiger partial charge on any atom is 0.191 e. The Labute approximate surface area is 173 Å². The molecule has 2 heterocycles. The quantitative estimate of drug-likeness (QED) is 0.343. The molecule has 1 aromatic heterocycles. The fourth-order valence-corrected chi connectivity index (χ4v) is 3.77. The van der Waals surface area contributed by atoms with Crippen LogP contribution >= 0.6 is 0 Å².